The number of fused-ring (bicyclic) bond motifs is 1. The molecule has 2 rings (SSSR count). The van der Waals surface area contributed by atoms with Crippen LogP contribution in [0.1, 0.15) is 24.4 Å². The van der Waals surface area contributed by atoms with Gasteiger partial charge in [0.05, 0.1) is 5.69 Å². The Bertz CT molecular complexity index is 357. The van der Waals surface area contributed by atoms with Gasteiger partial charge in [-0.15, -0.1) is 0 Å². The van der Waals surface area contributed by atoms with Gasteiger partial charge < -0.3 is 9.67 Å². The van der Waals surface area contributed by atoms with E-state index < -0.39 is 5.97 Å². The fraction of sp³-hybridized carbons (Fsp3) is 0.600. The number of aliphatic carboxylic acids is 1. The van der Waals surface area contributed by atoms with Crippen molar-refractivity contribution in [2.75, 3.05) is 0 Å². The molecule has 1 aromatic heterocycles. The minimum absolute atomic E-state index is 0.272. The van der Waals surface area contributed by atoms with Crippen LogP contribution in [0.3, 0.4) is 0 Å². The summed E-state index contributed by atoms with van der Waals surface area (Å²) in [4.78, 5) is 14.9. The number of imidazole rings is 1. The lowest BCUT2D eigenvalue weighted by molar-refractivity contribution is -0.138. The number of aromatic nitrogens is 2. The van der Waals surface area contributed by atoms with Crippen LogP contribution in [0.4, 0.5) is 0 Å². The lowest BCUT2D eigenvalue weighted by Crippen LogP contribution is -2.22. The third-order valence-electron chi connectivity index (χ3n) is 2.67. The maximum Gasteiger partial charge on any atom is 0.303 e. The second-order valence-electron chi connectivity index (χ2n) is 3.95. The van der Waals surface area contributed by atoms with Crippen molar-refractivity contribution >= 4 is 5.97 Å². The second kappa shape index (κ2) is 3.44. The molecule has 1 aromatic rings. The Balaban J connectivity index is 2.09. The molecule has 0 saturated heterocycles. The SMILES string of the molecule is Cc1cn2c(n1)CCC(CC(=O)O)C2. The Labute approximate surface area is 82.6 Å². The number of nitrogens with zero attached hydrogens (tertiary/aromatic N) is 2. The first-order valence-electron chi connectivity index (χ1n) is 4.89. The van der Waals surface area contributed by atoms with E-state index >= 15 is 0 Å². The summed E-state index contributed by atoms with van der Waals surface area (Å²) in [6.45, 7) is 2.78. The van der Waals surface area contributed by atoms with Crippen LogP contribution in [0, 0.1) is 12.8 Å². The van der Waals surface area contributed by atoms with Crippen molar-refractivity contribution in [2.45, 2.75) is 32.7 Å². The molecule has 4 nitrogen and oxygen atoms in total. The van der Waals surface area contributed by atoms with Crippen molar-refractivity contribution in [2.24, 2.45) is 5.92 Å². The average molecular weight is 194 g/mol. The van der Waals surface area contributed by atoms with Crippen LogP contribution in [0.15, 0.2) is 6.20 Å². The van der Waals surface area contributed by atoms with E-state index in [1.807, 2.05) is 13.1 Å². The van der Waals surface area contributed by atoms with E-state index in [2.05, 4.69) is 9.55 Å². The Morgan fingerprint density at radius 3 is 3.29 bits per heavy atom. The topological polar surface area (TPSA) is 55.1 Å². The average Bonchev–Trinajstić information content (AvgIpc) is 2.42. The van der Waals surface area contributed by atoms with Crippen molar-refractivity contribution in [3.63, 3.8) is 0 Å². The molecule has 0 radical (unpaired) electrons. The summed E-state index contributed by atoms with van der Waals surface area (Å²) in [7, 11) is 0. The van der Waals surface area contributed by atoms with Crippen molar-refractivity contribution < 1.29 is 9.90 Å². The van der Waals surface area contributed by atoms with Crippen LogP contribution in [0.25, 0.3) is 0 Å². The first-order valence-corrected chi connectivity index (χ1v) is 4.89. The molecule has 14 heavy (non-hydrogen) atoms. The highest BCUT2D eigenvalue weighted by atomic mass is 16.4. The minimum atomic E-state index is -0.699. The van der Waals surface area contributed by atoms with Gasteiger partial charge in [-0.1, -0.05) is 0 Å². The van der Waals surface area contributed by atoms with E-state index in [1.165, 1.54) is 0 Å². The fourth-order valence-electron chi connectivity index (χ4n) is 2.07. The Kier molecular flexibility index (Phi) is 2.27. The van der Waals surface area contributed by atoms with Crippen molar-refractivity contribution in [1.82, 2.24) is 9.55 Å². The highest BCUT2D eigenvalue weighted by Gasteiger charge is 2.21. The van der Waals surface area contributed by atoms with Gasteiger partial charge in [-0.2, -0.15) is 0 Å². The monoisotopic (exact) mass is 194 g/mol. The van der Waals surface area contributed by atoms with E-state index in [0.29, 0.717) is 0 Å². The van der Waals surface area contributed by atoms with E-state index in [0.717, 1.165) is 30.9 Å². The Hall–Kier alpha value is -1.32. The van der Waals surface area contributed by atoms with E-state index in [4.69, 9.17) is 5.11 Å². The van der Waals surface area contributed by atoms with Gasteiger partial charge in [0.2, 0.25) is 0 Å². The molecule has 1 atom stereocenters. The fourth-order valence-corrected chi connectivity index (χ4v) is 2.07. The van der Waals surface area contributed by atoms with Gasteiger partial charge in [0.1, 0.15) is 5.82 Å². The molecule has 0 spiro atoms. The zero-order chi connectivity index (χ0) is 10.1. The second-order valence-corrected chi connectivity index (χ2v) is 3.95. The summed E-state index contributed by atoms with van der Waals surface area (Å²) in [5.74, 6) is 0.674. The molecular formula is C10H14N2O2. The Morgan fingerprint density at radius 2 is 2.57 bits per heavy atom. The van der Waals surface area contributed by atoms with Crippen molar-refractivity contribution in [3.8, 4) is 0 Å². The molecule has 1 aliphatic heterocycles. The number of aryl methyl sites for hydroxylation is 2. The van der Waals surface area contributed by atoms with E-state index in [-0.39, 0.29) is 12.3 Å². The van der Waals surface area contributed by atoms with Crippen LogP contribution in [-0.4, -0.2) is 20.6 Å². The third-order valence-corrected chi connectivity index (χ3v) is 2.67. The number of hydrogen-bond donors (Lipinski definition) is 1. The smallest absolute Gasteiger partial charge is 0.303 e. The Morgan fingerprint density at radius 1 is 1.79 bits per heavy atom. The van der Waals surface area contributed by atoms with Gasteiger partial charge in [0.15, 0.2) is 0 Å². The minimum Gasteiger partial charge on any atom is -0.481 e. The van der Waals surface area contributed by atoms with Gasteiger partial charge in [0.25, 0.3) is 0 Å². The standard InChI is InChI=1S/C10H14N2O2/c1-7-5-12-6-8(4-10(13)14)2-3-9(12)11-7/h5,8H,2-4,6H2,1H3,(H,13,14). The maximum absolute atomic E-state index is 10.6. The predicted molar refractivity (Wildman–Crippen MR) is 51.0 cm³/mol. The summed E-state index contributed by atoms with van der Waals surface area (Å²) in [5.41, 5.74) is 1.02. The number of rotatable bonds is 2. The molecule has 76 valence electrons. The molecule has 0 bridgehead atoms. The summed E-state index contributed by atoms with van der Waals surface area (Å²) in [6, 6.07) is 0. The van der Waals surface area contributed by atoms with Gasteiger partial charge in [-0.05, 0) is 19.3 Å². The zero-order valence-corrected chi connectivity index (χ0v) is 8.23. The molecule has 4 heteroatoms. The van der Waals surface area contributed by atoms with E-state index in [9.17, 15) is 4.79 Å². The molecular weight excluding hydrogens is 180 g/mol. The van der Waals surface area contributed by atoms with E-state index in [1.54, 1.807) is 0 Å². The highest BCUT2D eigenvalue weighted by molar-refractivity contribution is 5.67. The lowest BCUT2D eigenvalue weighted by atomic mass is 9.96. The normalized spacial score (nSPS) is 20.5. The first-order chi connectivity index (χ1) is 6.65. The molecule has 2 heterocycles. The highest BCUT2D eigenvalue weighted by Crippen LogP contribution is 2.22. The molecule has 0 amide bonds. The molecule has 0 saturated carbocycles. The van der Waals surface area contributed by atoms with Gasteiger partial charge in [-0.25, -0.2) is 4.98 Å². The lowest BCUT2D eigenvalue weighted by Gasteiger charge is -2.21. The molecule has 0 aliphatic carbocycles. The van der Waals surface area contributed by atoms with Crippen LogP contribution >= 0.6 is 0 Å². The molecule has 0 aromatic carbocycles. The van der Waals surface area contributed by atoms with Gasteiger partial charge in [0, 0.05) is 25.6 Å². The quantitative estimate of drug-likeness (QED) is 0.770. The predicted octanol–water partition coefficient (Wildman–Crippen LogP) is 1.23. The molecule has 1 unspecified atom stereocenters. The van der Waals surface area contributed by atoms with Gasteiger partial charge >= 0.3 is 5.97 Å². The van der Waals surface area contributed by atoms with Gasteiger partial charge in [-0.3, -0.25) is 4.79 Å². The first kappa shape index (κ1) is 9.24. The van der Waals surface area contributed by atoms with Crippen molar-refractivity contribution in [3.05, 3.63) is 17.7 Å². The molecule has 1 N–H and O–H groups in total. The zero-order valence-electron chi connectivity index (χ0n) is 8.23. The number of hydrogen-bond acceptors (Lipinski definition) is 2. The molecule has 1 aliphatic rings. The van der Waals surface area contributed by atoms with Crippen molar-refractivity contribution in [1.29, 1.82) is 0 Å². The largest absolute Gasteiger partial charge is 0.481 e. The maximum atomic E-state index is 10.6. The molecule has 0 fully saturated rings. The number of carboxylic acid groups (broad SMARTS) is 1. The third kappa shape index (κ3) is 1.78. The number of carboxylic acids is 1. The summed E-state index contributed by atoms with van der Waals surface area (Å²) in [5, 5.41) is 8.69. The summed E-state index contributed by atoms with van der Waals surface area (Å²) in [6.07, 6.45) is 4.13. The van der Waals surface area contributed by atoms with Crippen LogP contribution in [-0.2, 0) is 17.8 Å². The summed E-state index contributed by atoms with van der Waals surface area (Å²) >= 11 is 0. The van der Waals surface area contributed by atoms with Crippen LogP contribution in [0.2, 0.25) is 0 Å². The summed E-state index contributed by atoms with van der Waals surface area (Å²) < 4.78 is 2.09. The number of carbonyl (C=O) groups is 1. The van der Waals surface area contributed by atoms with Crippen LogP contribution in [0.5, 0.6) is 0 Å². The van der Waals surface area contributed by atoms with Crippen LogP contribution < -0.4 is 0 Å².